The van der Waals surface area contributed by atoms with E-state index in [1.165, 1.54) is 32.1 Å². The van der Waals surface area contributed by atoms with Crippen molar-refractivity contribution in [1.29, 1.82) is 0 Å². The van der Waals surface area contributed by atoms with Gasteiger partial charge in [0.25, 0.3) is 0 Å². The molecule has 4 aliphatic carbocycles. The maximum absolute atomic E-state index is 10.7. The first-order valence-electron chi connectivity index (χ1n) is 6.99. The highest BCUT2D eigenvalue weighted by Gasteiger charge is 2.49. The molecule has 0 radical (unpaired) electrons. The molecule has 3 nitrogen and oxygen atoms in total. The third-order valence-electron chi connectivity index (χ3n) is 4.99. The van der Waals surface area contributed by atoms with Crippen LogP contribution >= 0.6 is 0 Å². The summed E-state index contributed by atoms with van der Waals surface area (Å²) in [4.78, 5) is 10.7. The van der Waals surface area contributed by atoms with Crippen LogP contribution in [0.5, 0.6) is 0 Å². The Labute approximate surface area is 103 Å². The van der Waals surface area contributed by atoms with Crippen molar-refractivity contribution in [2.45, 2.75) is 57.7 Å². The van der Waals surface area contributed by atoms with E-state index in [1.807, 2.05) is 6.92 Å². The van der Waals surface area contributed by atoms with Crippen LogP contribution in [0.25, 0.3) is 0 Å². The summed E-state index contributed by atoms with van der Waals surface area (Å²) in [6.45, 7) is 1.90. The third kappa shape index (κ3) is 2.22. The van der Waals surface area contributed by atoms with Crippen molar-refractivity contribution in [1.82, 2.24) is 0 Å². The molecule has 0 aromatic heterocycles. The van der Waals surface area contributed by atoms with E-state index in [9.17, 15) is 4.79 Å². The fourth-order valence-electron chi connectivity index (χ4n) is 4.66. The van der Waals surface area contributed by atoms with Crippen LogP contribution in [0.15, 0.2) is 0 Å². The fraction of sp³-hybridized carbons (Fsp3) is 0.929. The second-order valence-corrected chi connectivity index (χ2v) is 6.44. The topological polar surface area (TPSA) is 46.5 Å². The predicted octanol–water partition coefficient (Wildman–Crippen LogP) is 2.69. The van der Waals surface area contributed by atoms with Gasteiger partial charge in [0.15, 0.2) is 0 Å². The van der Waals surface area contributed by atoms with E-state index >= 15 is 0 Å². The molecule has 4 bridgehead atoms. The molecule has 0 aromatic rings. The van der Waals surface area contributed by atoms with Crippen molar-refractivity contribution >= 4 is 5.97 Å². The summed E-state index contributed by atoms with van der Waals surface area (Å²) < 4.78 is 6.06. The summed E-state index contributed by atoms with van der Waals surface area (Å²) in [5, 5.41) is 8.79. The van der Waals surface area contributed by atoms with E-state index in [2.05, 4.69) is 0 Å². The Morgan fingerprint density at radius 3 is 2.18 bits per heavy atom. The molecule has 0 amide bonds. The van der Waals surface area contributed by atoms with Gasteiger partial charge in [0, 0.05) is 0 Å². The number of aliphatic carboxylic acids is 1. The molecule has 0 heterocycles. The Balaban J connectivity index is 1.62. The molecule has 96 valence electrons. The van der Waals surface area contributed by atoms with Gasteiger partial charge in [0.2, 0.25) is 0 Å². The van der Waals surface area contributed by atoms with Crippen molar-refractivity contribution in [3.63, 3.8) is 0 Å². The maximum Gasteiger partial charge on any atom is 0.305 e. The first-order valence-corrected chi connectivity index (χ1v) is 6.99. The fourth-order valence-corrected chi connectivity index (χ4v) is 4.66. The van der Waals surface area contributed by atoms with Crippen LogP contribution < -0.4 is 0 Å². The highest BCUT2D eigenvalue weighted by molar-refractivity contribution is 5.67. The lowest BCUT2D eigenvalue weighted by molar-refractivity contribution is -0.159. The van der Waals surface area contributed by atoms with Crippen LogP contribution in [-0.4, -0.2) is 23.3 Å². The lowest BCUT2D eigenvalue weighted by Gasteiger charge is -2.54. The Kier molecular flexibility index (Phi) is 2.89. The molecule has 0 aromatic carbocycles. The summed E-state index contributed by atoms with van der Waals surface area (Å²) in [6.07, 6.45) is 7.14. The average Bonchev–Trinajstić information content (AvgIpc) is 2.21. The van der Waals surface area contributed by atoms with Crippen LogP contribution in [-0.2, 0) is 9.53 Å². The van der Waals surface area contributed by atoms with Crippen molar-refractivity contribution < 1.29 is 14.6 Å². The zero-order valence-electron chi connectivity index (χ0n) is 10.5. The second-order valence-electron chi connectivity index (χ2n) is 6.44. The van der Waals surface area contributed by atoms with Crippen LogP contribution in [0.3, 0.4) is 0 Å². The van der Waals surface area contributed by atoms with E-state index in [0.29, 0.717) is 6.10 Å². The molecule has 4 rings (SSSR count). The summed E-state index contributed by atoms with van der Waals surface area (Å²) >= 11 is 0. The normalized spacial score (nSPS) is 44.9. The number of hydrogen-bond acceptors (Lipinski definition) is 2. The molecule has 1 N–H and O–H groups in total. The van der Waals surface area contributed by atoms with E-state index in [1.54, 1.807) is 0 Å². The number of carbonyl (C=O) groups is 1. The van der Waals surface area contributed by atoms with Crippen molar-refractivity contribution in [2.24, 2.45) is 23.7 Å². The van der Waals surface area contributed by atoms with Crippen molar-refractivity contribution in [2.75, 3.05) is 0 Å². The van der Waals surface area contributed by atoms with Gasteiger partial charge in [0.1, 0.15) is 0 Å². The van der Waals surface area contributed by atoms with Crippen LogP contribution in [0, 0.1) is 23.7 Å². The Morgan fingerprint density at radius 1 is 1.18 bits per heavy atom. The van der Waals surface area contributed by atoms with Crippen LogP contribution in [0.2, 0.25) is 0 Å². The van der Waals surface area contributed by atoms with E-state index < -0.39 is 5.97 Å². The summed E-state index contributed by atoms with van der Waals surface area (Å²) in [5.74, 6) is 2.60. The summed E-state index contributed by atoms with van der Waals surface area (Å²) in [5.41, 5.74) is 0. The highest BCUT2D eigenvalue weighted by atomic mass is 16.5. The van der Waals surface area contributed by atoms with Gasteiger partial charge in [-0.2, -0.15) is 0 Å². The van der Waals surface area contributed by atoms with Gasteiger partial charge in [-0.15, -0.1) is 0 Å². The molecular weight excluding hydrogens is 216 g/mol. The van der Waals surface area contributed by atoms with E-state index in [4.69, 9.17) is 9.84 Å². The van der Waals surface area contributed by atoms with Gasteiger partial charge >= 0.3 is 5.97 Å². The minimum Gasteiger partial charge on any atom is -0.481 e. The van der Waals surface area contributed by atoms with Crippen LogP contribution in [0.1, 0.15) is 45.4 Å². The molecule has 4 aliphatic rings. The second kappa shape index (κ2) is 4.27. The van der Waals surface area contributed by atoms with Gasteiger partial charge in [0.05, 0.1) is 18.6 Å². The first kappa shape index (κ1) is 11.5. The molecule has 17 heavy (non-hydrogen) atoms. The Hall–Kier alpha value is -0.570. The summed E-state index contributed by atoms with van der Waals surface area (Å²) in [7, 11) is 0. The summed E-state index contributed by atoms with van der Waals surface area (Å²) in [6, 6.07) is 0. The molecule has 0 saturated heterocycles. The lowest BCUT2D eigenvalue weighted by Crippen LogP contribution is -2.50. The largest absolute Gasteiger partial charge is 0.481 e. The molecule has 4 saturated carbocycles. The quantitative estimate of drug-likeness (QED) is 0.819. The SMILES string of the molecule is CC(CC(=O)O)OC1C2CC3CC(C2)CC1C3. The minimum absolute atomic E-state index is 0.130. The third-order valence-corrected chi connectivity index (χ3v) is 4.99. The van der Waals surface area contributed by atoms with Crippen LogP contribution in [0.4, 0.5) is 0 Å². The lowest BCUT2D eigenvalue weighted by atomic mass is 9.55. The molecular formula is C14H22O3. The first-order chi connectivity index (χ1) is 8.11. The van der Waals surface area contributed by atoms with E-state index in [-0.39, 0.29) is 12.5 Å². The zero-order valence-corrected chi connectivity index (χ0v) is 10.5. The standard InChI is InChI=1S/C14H22O3/c1-8(2-13(15)16)17-14-11-4-9-3-10(6-11)7-12(14)5-9/h8-12,14H,2-7H2,1H3,(H,15,16). The molecule has 1 atom stereocenters. The molecule has 0 aliphatic heterocycles. The molecule has 0 spiro atoms. The molecule has 4 fully saturated rings. The number of hydrogen-bond donors (Lipinski definition) is 1. The molecule has 1 unspecified atom stereocenters. The highest BCUT2D eigenvalue weighted by Crippen LogP contribution is 2.54. The predicted molar refractivity (Wildman–Crippen MR) is 63.6 cm³/mol. The number of ether oxygens (including phenoxy) is 1. The van der Waals surface area contributed by atoms with Gasteiger partial charge in [-0.1, -0.05) is 0 Å². The number of rotatable bonds is 4. The van der Waals surface area contributed by atoms with Gasteiger partial charge in [-0.25, -0.2) is 0 Å². The smallest absolute Gasteiger partial charge is 0.305 e. The number of carboxylic acid groups (broad SMARTS) is 1. The average molecular weight is 238 g/mol. The Bertz CT molecular complexity index is 285. The van der Waals surface area contributed by atoms with Crippen molar-refractivity contribution in [3.8, 4) is 0 Å². The maximum atomic E-state index is 10.7. The molecule has 3 heteroatoms. The Morgan fingerprint density at radius 2 is 1.71 bits per heavy atom. The number of carboxylic acids is 1. The minimum atomic E-state index is -0.749. The van der Waals surface area contributed by atoms with Gasteiger partial charge in [-0.05, 0) is 62.7 Å². The zero-order chi connectivity index (χ0) is 12.0. The van der Waals surface area contributed by atoms with Crippen molar-refractivity contribution in [3.05, 3.63) is 0 Å². The monoisotopic (exact) mass is 238 g/mol. The van der Waals surface area contributed by atoms with Gasteiger partial charge < -0.3 is 9.84 Å². The van der Waals surface area contributed by atoms with Gasteiger partial charge in [-0.3, -0.25) is 4.79 Å². The van der Waals surface area contributed by atoms with E-state index in [0.717, 1.165) is 23.7 Å².